The van der Waals surface area contributed by atoms with Crippen LogP contribution in [0.4, 0.5) is 0 Å². The van der Waals surface area contributed by atoms with Gasteiger partial charge < -0.3 is 9.64 Å². The summed E-state index contributed by atoms with van der Waals surface area (Å²) >= 11 is 5.99. The smallest absolute Gasteiger partial charge is 0.254 e. The largest absolute Gasteiger partial charge is 0.377 e. The Bertz CT molecular complexity index is 1000. The summed E-state index contributed by atoms with van der Waals surface area (Å²) in [6, 6.07) is 13.7. The van der Waals surface area contributed by atoms with Gasteiger partial charge in [-0.15, -0.1) is 0 Å². The standard InChI is InChI=1S/C22H25ClN2O4S/c23-18-10-8-16(9-11-18)21-7-2-12-25(21)22(26)17-4-1-6-20(14-17)30(27,28)24-15-19-5-3-13-29-19/h1,4,6,8-11,14,19,21,24H,2-3,5,7,12-13,15H2. The molecule has 2 aromatic carbocycles. The molecule has 2 fully saturated rings. The number of benzene rings is 2. The summed E-state index contributed by atoms with van der Waals surface area (Å²) < 4.78 is 33.5. The molecule has 2 aliphatic heterocycles. The molecule has 2 unspecified atom stereocenters. The summed E-state index contributed by atoms with van der Waals surface area (Å²) in [6.07, 6.45) is 3.48. The molecule has 30 heavy (non-hydrogen) atoms. The zero-order chi connectivity index (χ0) is 21.1. The van der Waals surface area contributed by atoms with E-state index in [9.17, 15) is 13.2 Å². The maximum Gasteiger partial charge on any atom is 0.254 e. The highest BCUT2D eigenvalue weighted by atomic mass is 35.5. The van der Waals surface area contributed by atoms with Gasteiger partial charge in [0.15, 0.2) is 0 Å². The number of halogens is 1. The van der Waals surface area contributed by atoms with Gasteiger partial charge in [0, 0.05) is 30.3 Å². The maximum atomic E-state index is 13.2. The van der Waals surface area contributed by atoms with Crippen molar-refractivity contribution in [1.29, 1.82) is 0 Å². The molecule has 160 valence electrons. The first-order valence-electron chi connectivity index (χ1n) is 10.2. The minimum Gasteiger partial charge on any atom is -0.377 e. The van der Waals surface area contributed by atoms with Crippen LogP contribution in [0.1, 0.15) is 47.6 Å². The van der Waals surface area contributed by atoms with Crippen molar-refractivity contribution >= 4 is 27.5 Å². The van der Waals surface area contributed by atoms with Crippen molar-refractivity contribution < 1.29 is 17.9 Å². The van der Waals surface area contributed by atoms with Gasteiger partial charge in [0.2, 0.25) is 10.0 Å². The van der Waals surface area contributed by atoms with Crippen LogP contribution in [0.5, 0.6) is 0 Å². The fourth-order valence-electron chi connectivity index (χ4n) is 4.09. The Labute approximate surface area is 182 Å². The highest BCUT2D eigenvalue weighted by molar-refractivity contribution is 7.89. The lowest BCUT2D eigenvalue weighted by atomic mass is 10.0. The molecule has 0 bridgehead atoms. The molecule has 0 saturated carbocycles. The molecule has 1 amide bonds. The lowest BCUT2D eigenvalue weighted by Crippen LogP contribution is -2.32. The molecular weight excluding hydrogens is 424 g/mol. The van der Waals surface area contributed by atoms with Crippen molar-refractivity contribution in [3.05, 3.63) is 64.7 Å². The lowest BCUT2D eigenvalue weighted by molar-refractivity contribution is 0.0735. The van der Waals surface area contributed by atoms with Gasteiger partial charge in [-0.1, -0.05) is 29.8 Å². The fraction of sp³-hybridized carbons (Fsp3) is 0.409. The summed E-state index contributed by atoms with van der Waals surface area (Å²) in [5, 5.41) is 0.656. The maximum absolute atomic E-state index is 13.2. The molecule has 2 atom stereocenters. The van der Waals surface area contributed by atoms with Crippen molar-refractivity contribution in [2.45, 2.75) is 42.7 Å². The Kier molecular flexibility index (Phi) is 6.43. The second-order valence-electron chi connectivity index (χ2n) is 7.72. The van der Waals surface area contributed by atoms with Crippen LogP contribution in [0.3, 0.4) is 0 Å². The van der Waals surface area contributed by atoms with E-state index >= 15 is 0 Å². The number of ether oxygens (including phenoxy) is 1. The third-order valence-electron chi connectivity index (χ3n) is 5.68. The van der Waals surface area contributed by atoms with Gasteiger partial charge in [0.25, 0.3) is 5.91 Å². The monoisotopic (exact) mass is 448 g/mol. The van der Waals surface area contributed by atoms with E-state index in [4.69, 9.17) is 16.3 Å². The Morgan fingerprint density at radius 1 is 1.13 bits per heavy atom. The summed E-state index contributed by atoms with van der Waals surface area (Å²) in [6.45, 7) is 1.55. The van der Waals surface area contributed by atoms with Gasteiger partial charge in [-0.05, 0) is 61.6 Å². The quantitative estimate of drug-likeness (QED) is 0.729. The summed E-state index contributed by atoms with van der Waals surface area (Å²) in [5.41, 5.74) is 1.41. The molecule has 2 aliphatic rings. The number of nitrogens with zero attached hydrogens (tertiary/aromatic N) is 1. The Morgan fingerprint density at radius 3 is 2.67 bits per heavy atom. The highest BCUT2D eigenvalue weighted by Crippen LogP contribution is 2.33. The Hall–Kier alpha value is -1.93. The molecule has 8 heteroatoms. The lowest BCUT2D eigenvalue weighted by Gasteiger charge is -2.25. The van der Waals surface area contributed by atoms with Crippen LogP contribution in [0.15, 0.2) is 53.4 Å². The normalized spacial score (nSPS) is 21.8. The number of carbonyl (C=O) groups is 1. The fourth-order valence-corrected chi connectivity index (χ4v) is 5.33. The van der Waals surface area contributed by atoms with Gasteiger partial charge in [0.1, 0.15) is 0 Å². The van der Waals surface area contributed by atoms with Gasteiger partial charge >= 0.3 is 0 Å². The van der Waals surface area contributed by atoms with E-state index in [1.807, 2.05) is 29.2 Å². The van der Waals surface area contributed by atoms with Crippen LogP contribution in [0.25, 0.3) is 0 Å². The topological polar surface area (TPSA) is 75.7 Å². The van der Waals surface area contributed by atoms with Gasteiger partial charge in [-0.25, -0.2) is 13.1 Å². The number of nitrogens with one attached hydrogen (secondary N) is 1. The number of rotatable bonds is 6. The van der Waals surface area contributed by atoms with Crippen molar-refractivity contribution in [1.82, 2.24) is 9.62 Å². The molecule has 0 aliphatic carbocycles. The number of hydrogen-bond donors (Lipinski definition) is 1. The Morgan fingerprint density at radius 2 is 1.93 bits per heavy atom. The van der Waals surface area contributed by atoms with E-state index in [2.05, 4.69) is 4.72 Å². The number of hydrogen-bond acceptors (Lipinski definition) is 4. The summed E-state index contributed by atoms with van der Waals surface area (Å²) in [4.78, 5) is 15.1. The van der Waals surface area contributed by atoms with E-state index in [1.54, 1.807) is 12.1 Å². The van der Waals surface area contributed by atoms with Crippen molar-refractivity contribution in [2.24, 2.45) is 0 Å². The second-order valence-corrected chi connectivity index (χ2v) is 9.93. The average molecular weight is 449 g/mol. The van der Waals surface area contributed by atoms with Crippen molar-refractivity contribution in [2.75, 3.05) is 19.7 Å². The van der Waals surface area contributed by atoms with E-state index in [0.29, 0.717) is 23.7 Å². The molecule has 1 N–H and O–H groups in total. The predicted molar refractivity (Wildman–Crippen MR) is 115 cm³/mol. The second kappa shape index (κ2) is 9.06. The zero-order valence-corrected chi connectivity index (χ0v) is 18.2. The molecule has 6 nitrogen and oxygen atoms in total. The van der Waals surface area contributed by atoms with Crippen LogP contribution in [-0.2, 0) is 14.8 Å². The van der Waals surface area contributed by atoms with E-state index in [1.165, 1.54) is 12.1 Å². The highest BCUT2D eigenvalue weighted by Gasteiger charge is 2.31. The van der Waals surface area contributed by atoms with Gasteiger partial charge in [-0.3, -0.25) is 4.79 Å². The molecular formula is C22H25ClN2O4S. The third kappa shape index (κ3) is 4.70. The van der Waals surface area contributed by atoms with Gasteiger partial charge in [0.05, 0.1) is 17.0 Å². The summed E-state index contributed by atoms with van der Waals surface area (Å²) in [7, 11) is -3.71. The molecule has 2 saturated heterocycles. The number of likely N-dealkylation sites (tertiary alicyclic amines) is 1. The third-order valence-corrected chi connectivity index (χ3v) is 7.36. The minimum atomic E-state index is -3.71. The SMILES string of the molecule is O=C(c1cccc(S(=O)(=O)NCC2CCCO2)c1)N1CCCC1c1ccc(Cl)cc1. The zero-order valence-electron chi connectivity index (χ0n) is 16.6. The first kappa shape index (κ1) is 21.3. The first-order chi connectivity index (χ1) is 14.4. The molecule has 2 heterocycles. The summed E-state index contributed by atoms with van der Waals surface area (Å²) in [5.74, 6) is -0.163. The number of sulfonamides is 1. The van der Waals surface area contributed by atoms with Crippen molar-refractivity contribution in [3.63, 3.8) is 0 Å². The number of amides is 1. The van der Waals surface area contributed by atoms with Crippen molar-refractivity contribution in [3.8, 4) is 0 Å². The molecule has 2 aromatic rings. The van der Waals surface area contributed by atoms with E-state index < -0.39 is 10.0 Å². The first-order valence-corrected chi connectivity index (χ1v) is 12.1. The van der Waals surface area contributed by atoms with E-state index in [0.717, 1.165) is 31.2 Å². The molecule has 0 aromatic heterocycles. The van der Waals surface area contributed by atoms with Crippen LogP contribution in [-0.4, -0.2) is 45.0 Å². The molecule has 0 spiro atoms. The Balaban J connectivity index is 1.51. The van der Waals surface area contributed by atoms with E-state index in [-0.39, 0.29) is 29.5 Å². The minimum absolute atomic E-state index is 0.0346. The molecule has 4 rings (SSSR count). The van der Waals surface area contributed by atoms with Crippen LogP contribution < -0.4 is 4.72 Å². The van der Waals surface area contributed by atoms with Gasteiger partial charge in [-0.2, -0.15) is 0 Å². The average Bonchev–Trinajstić information content (AvgIpc) is 3.45. The van der Waals surface area contributed by atoms with Crippen LogP contribution >= 0.6 is 11.6 Å². The van der Waals surface area contributed by atoms with Crippen LogP contribution in [0.2, 0.25) is 5.02 Å². The predicted octanol–water partition coefficient (Wildman–Crippen LogP) is 3.77. The number of carbonyl (C=O) groups excluding carboxylic acids is 1. The molecule has 0 radical (unpaired) electrons. The van der Waals surface area contributed by atoms with Crippen LogP contribution in [0, 0.1) is 0 Å².